The minimum Gasteiger partial charge on any atom is -0.385 e. The number of halogens is 2. The Morgan fingerprint density at radius 3 is 2.70 bits per heavy atom. The van der Waals surface area contributed by atoms with Crippen molar-refractivity contribution in [2.45, 2.75) is 12.5 Å². The van der Waals surface area contributed by atoms with E-state index in [4.69, 9.17) is 5.11 Å². The second-order valence-corrected chi connectivity index (χ2v) is 4.21. The van der Waals surface area contributed by atoms with Crippen LogP contribution in [0.3, 0.4) is 0 Å². The quantitative estimate of drug-likeness (QED) is 0.843. The third kappa shape index (κ3) is 2.85. The van der Waals surface area contributed by atoms with Gasteiger partial charge < -0.3 is 15.0 Å². The van der Waals surface area contributed by atoms with Gasteiger partial charge in [-0.1, -0.05) is 0 Å². The van der Waals surface area contributed by atoms with Crippen LogP contribution in [0.15, 0.2) is 30.7 Å². The summed E-state index contributed by atoms with van der Waals surface area (Å²) in [4.78, 5) is 12.0. The fourth-order valence-electron chi connectivity index (χ4n) is 1.75. The van der Waals surface area contributed by atoms with Crippen molar-refractivity contribution in [3.63, 3.8) is 0 Å². The molecule has 0 aliphatic carbocycles. The van der Waals surface area contributed by atoms with Crippen LogP contribution in [0.5, 0.6) is 0 Å². The Morgan fingerprint density at radius 2 is 2.10 bits per heavy atom. The van der Waals surface area contributed by atoms with Crippen molar-refractivity contribution in [2.24, 2.45) is 7.05 Å². The van der Waals surface area contributed by atoms with E-state index in [1.165, 1.54) is 10.9 Å². The molecule has 6 nitrogen and oxygen atoms in total. The molecule has 20 heavy (non-hydrogen) atoms. The summed E-state index contributed by atoms with van der Waals surface area (Å²) in [6.07, 6.45) is 0.0435. The average Bonchev–Trinajstić information content (AvgIpc) is 3.03. The Kier molecular flexibility index (Phi) is 4.14. The predicted molar refractivity (Wildman–Crippen MR) is 66.9 cm³/mol. The molecular formula is C12H14F2N4O2. The van der Waals surface area contributed by atoms with Gasteiger partial charge >= 0.3 is 0 Å². The molecule has 0 aliphatic heterocycles. The minimum absolute atomic E-state index is 0.241. The van der Waals surface area contributed by atoms with Crippen molar-refractivity contribution in [3.8, 4) is 5.82 Å². The minimum atomic E-state index is -2.90. The van der Waals surface area contributed by atoms with Gasteiger partial charge in [0.25, 0.3) is 12.3 Å². The molecule has 8 heteroatoms. The maximum absolute atomic E-state index is 12.2. The lowest BCUT2D eigenvalue weighted by atomic mass is 10.3. The molecule has 108 valence electrons. The van der Waals surface area contributed by atoms with E-state index in [2.05, 4.69) is 10.4 Å². The SMILES string of the molecule is Cn1ncc(C(=O)NCC(O)C(F)F)c1-n1cccc1. The summed E-state index contributed by atoms with van der Waals surface area (Å²) in [6, 6.07) is 3.57. The van der Waals surface area contributed by atoms with E-state index >= 15 is 0 Å². The standard InChI is InChI=1S/C12H14F2N4O2/c1-17-12(18-4-2-3-5-18)8(6-16-17)11(20)15-7-9(19)10(13)14/h2-6,9-10,19H,7H2,1H3,(H,15,20). The molecule has 1 unspecified atom stereocenters. The van der Waals surface area contributed by atoms with Gasteiger partial charge in [0, 0.05) is 26.0 Å². The lowest BCUT2D eigenvalue weighted by Gasteiger charge is -2.11. The third-order valence-corrected chi connectivity index (χ3v) is 2.76. The lowest BCUT2D eigenvalue weighted by molar-refractivity contribution is -0.00270. The van der Waals surface area contributed by atoms with Gasteiger partial charge in [0.05, 0.1) is 6.20 Å². The van der Waals surface area contributed by atoms with Crippen LogP contribution < -0.4 is 5.32 Å². The van der Waals surface area contributed by atoms with Gasteiger partial charge in [-0.3, -0.25) is 9.48 Å². The molecule has 0 aromatic carbocycles. The largest absolute Gasteiger partial charge is 0.385 e. The molecule has 1 amide bonds. The molecule has 0 saturated carbocycles. The van der Waals surface area contributed by atoms with Gasteiger partial charge in [0.1, 0.15) is 17.5 Å². The molecule has 0 bridgehead atoms. The normalized spacial score (nSPS) is 12.7. The first-order chi connectivity index (χ1) is 9.50. The number of aromatic nitrogens is 3. The van der Waals surface area contributed by atoms with E-state index in [9.17, 15) is 13.6 Å². The van der Waals surface area contributed by atoms with Crippen molar-refractivity contribution in [1.29, 1.82) is 0 Å². The molecule has 2 aromatic rings. The summed E-state index contributed by atoms with van der Waals surface area (Å²) in [5.74, 6) is -0.0551. The molecular weight excluding hydrogens is 270 g/mol. The Morgan fingerprint density at radius 1 is 1.45 bits per heavy atom. The molecule has 0 spiro atoms. The van der Waals surface area contributed by atoms with Crippen molar-refractivity contribution in [3.05, 3.63) is 36.3 Å². The predicted octanol–water partition coefficient (Wildman–Crippen LogP) is 0.567. The zero-order chi connectivity index (χ0) is 14.7. The molecule has 2 rings (SSSR count). The van der Waals surface area contributed by atoms with Crippen LogP contribution in [0, 0.1) is 0 Å². The number of rotatable bonds is 5. The van der Waals surface area contributed by atoms with E-state index in [-0.39, 0.29) is 5.56 Å². The first-order valence-corrected chi connectivity index (χ1v) is 5.90. The second-order valence-electron chi connectivity index (χ2n) is 4.21. The van der Waals surface area contributed by atoms with Crippen LogP contribution in [-0.2, 0) is 7.05 Å². The number of aliphatic hydroxyl groups excluding tert-OH is 1. The van der Waals surface area contributed by atoms with Crippen molar-refractivity contribution >= 4 is 5.91 Å². The third-order valence-electron chi connectivity index (χ3n) is 2.76. The molecule has 2 N–H and O–H groups in total. The summed E-state index contributed by atoms with van der Waals surface area (Å²) < 4.78 is 27.5. The molecule has 2 aromatic heterocycles. The number of nitrogens with zero attached hydrogens (tertiary/aromatic N) is 3. The fourth-order valence-corrected chi connectivity index (χ4v) is 1.75. The zero-order valence-corrected chi connectivity index (χ0v) is 10.7. The van der Waals surface area contributed by atoms with E-state index in [1.807, 2.05) is 0 Å². The van der Waals surface area contributed by atoms with E-state index in [0.29, 0.717) is 5.82 Å². The van der Waals surface area contributed by atoms with Gasteiger partial charge in [-0.25, -0.2) is 8.78 Å². The van der Waals surface area contributed by atoms with Gasteiger partial charge in [0.15, 0.2) is 0 Å². The summed E-state index contributed by atoms with van der Waals surface area (Å²) in [6.45, 7) is -0.517. The van der Waals surface area contributed by atoms with Crippen molar-refractivity contribution in [1.82, 2.24) is 19.7 Å². The summed E-state index contributed by atoms with van der Waals surface area (Å²) >= 11 is 0. The summed E-state index contributed by atoms with van der Waals surface area (Å²) in [7, 11) is 1.67. The second kappa shape index (κ2) is 5.83. The highest BCUT2D eigenvalue weighted by atomic mass is 19.3. The van der Waals surface area contributed by atoms with Gasteiger partial charge in [-0.2, -0.15) is 5.10 Å². The smallest absolute Gasteiger partial charge is 0.265 e. The zero-order valence-electron chi connectivity index (χ0n) is 10.7. The number of hydrogen-bond donors (Lipinski definition) is 2. The fraction of sp³-hybridized carbons (Fsp3) is 0.333. The number of carbonyl (C=O) groups is 1. The van der Waals surface area contributed by atoms with Gasteiger partial charge in [-0.05, 0) is 12.1 Å². The van der Waals surface area contributed by atoms with Gasteiger partial charge in [-0.15, -0.1) is 0 Å². The Balaban J connectivity index is 2.15. The number of carbonyl (C=O) groups excluding carboxylic acids is 1. The Bertz CT molecular complexity index is 580. The topological polar surface area (TPSA) is 72.1 Å². The lowest BCUT2D eigenvalue weighted by Crippen LogP contribution is -2.36. The number of aliphatic hydroxyl groups is 1. The van der Waals surface area contributed by atoms with Crippen LogP contribution in [0.4, 0.5) is 8.78 Å². The van der Waals surface area contributed by atoms with Crippen LogP contribution in [0.2, 0.25) is 0 Å². The molecule has 0 radical (unpaired) electrons. The number of aryl methyl sites for hydroxylation is 1. The Labute approximate surface area is 113 Å². The van der Waals surface area contributed by atoms with Crippen LogP contribution in [-0.4, -0.2) is 44.4 Å². The molecule has 2 heterocycles. The monoisotopic (exact) mass is 284 g/mol. The maximum atomic E-state index is 12.2. The summed E-state index contributed by atoms with van der Waals surface area (Å²) in [5.41, 5.74) is 0.241. The molecule has 1 atom stereocenters. The van der Waals surface area contributed by atoms with Crippen LogP contribution >= 0.6 is 0 Å². The molecule has 0 saturated heterocycles. The Hall–Kier alpha value is -2.22. The van der Waals surface area contributed by atoms with Crippen LogP contribution in [0.1, 0.15) is 10.4 Å². The molecule has 0 aliphatic rings. The maximum Gasteiger partial charge on any atom is 0.265 e. The number of amides is 1. The molecule has 0 fully saturated rings. The van der Waals surface area contributed by atoms with Crippen molar-refractivity contribution < 1.29 is 18.7 Å². The van der Waals surface area contributed by atoms with Crippen LogP contribution in [0.25, 0.3) is 5.82 Å². The first kappa shape index (κ1) is 14.2. The highest BCUT2D eigenvalue weighted by molar-refractivity contribution is 5.97. The number of alkyl halides is 2. The van der Waals surface area contributed by atoms with E-state index in [0.717, 1.165) is 0 Å². The number of hydrogen-bond acceptors (Lipinski definition) is 3. The highest BCUT2D eigenvalue weighted by Crippen LogP contribution is 2.13. The van der Waals surface area contributed by atoms with E-state index < -0.39 is 25.0 Å². The van der Waals surface area contributed by atoms with Gasteiger partial charge in [0.2, 0.25) is 0 Å². The first-order valence-electron chi connectivity index (χ1n) is 5.90. The van der Waals surface area contributed by atoms with E-state index in [1.54, 1.807) is 36.1 Å². The average molecular weight is 284 g/mol. The van der Waals surface area contributed by atoms with Crippen molar-refractivity contribution in [2.75, 3.05) is 6.54 Å². The summed E-state index contributed by atoms with van der Waals surface area (Å²) in [5, 5.41) is 15.2. The highest BCUT2D eigenvalue weighted by Gasteiger charge is 2.21. The number of nitrogens with one attached hydrogen (secondary N) is 1.